The Hall–Kier alpha value is -2.21. The molecule has 9 heteroatoms. The average molecular weight is 368 g/mol. The van der Waals surface area contributed by atoms with Crippen LogP contribution in [0, 0.1) is 11.3 Å². The fourth-order valence-corrected chi connectivity index (χ4v) is 2.84. The molecular formula is C16H24N4O4S. The molecule has 1 aliphatic heterocycles. The van der Waals surface area contributed by atoms with Crippen LogP contribution in [0.3, 0.4) is 0 Å². The fraction of sp³-hybridized carbons (Fsp3) is 0.625. The van der Waals surface area contributed by atoms with Crippen LogP contribution in [0.4, 0.5) is 0 Å². The van der Waals surface area contributed by atoms with Gasteiger partial charge in [0.05, 0.1) is 0 Å². The summed E-state index contributed by atoms with van der Waals surface area (Å²) in [6.45, 7) is 1.94. The number of hydrogen-bond acceptors (Lipinski definition) is 6. The van der Waals surface area contributed by atoms with E-state index >= 15 is 0 Å². The van der Waals surface area contributed by atoms with E-state index in [1.807, 2.05) is 6.26 Å². The minimum absolute atomic E-state index is 0.164. The SMILES string of the molecule is CSCCC(NC(=O)/C(C#N)=C\NCCCN1CCCC1=O)C(=O)O. The van der Waals surface area contributed by atoms with Gasteiger partial charge >= 0.3 is 5.97 Å². The number of thioether (sulfide) groups is 1. The van der Waals surface area contributed by atoms with E-state index in [2.05, 4.69) is 10.6 Å². The molecule has 2 amide bonds. The van der Waals surface area contributed by atoms with Crippen molar-refractivity contribution in [1.82, 2.24) is 15.5 Å². The van der Waals surface area contributed by atoms with Crippen LogP contribution in [0.2, 0.25) is 0 Å². The van der Waals surface area contributed by atoms with Crippen molar-refractivity contribution in [2.24, 2.45) is 0 Å². The zero-order valence-corrected chi connectivity index (χ0v) is 15.1. The van der Waals surface area contributed by atoms with Crippen LogP contribution >= 0.6 is 11.8 Å². The molecule has 1 fully saturated rings. The number of carbonyl (C=O) groups excluding carboxylic acids is 2. The molecule has 0 spiro atoms. The molecule has 0 radical (unpaired) electrons. The molecular weight excluding hydrogens is 344 g/mol. The van der Waals surface area contributed by atoms with Gasteiger partial charge in [0, 0.05) is 32.3 Å². The summed E-state index contributed by atoms with van der Waals surface area (Å²) < 4.78 is 0. The van der Waals surface area contributed by atoms with Crippen LogP contribution in [0.15, 0.2) is 11.8 Å². The molecule has 0 aromatic carbocycles. The number of nitrogens with one attached hydrogen (secondary N) is 2. The average Bonchev–Trinajstić information content (AvgIpc) is 2.99. The number of amides is 2. The van der Waals surface area contributed by atoms with Crippen molar-refractivity contribution in [3.05, 3.63) is 11.8 Å². The maximum atomic E-state index is 12.0. The molecule has 1 heterocycles. The second-order valence-corrected chi connectivity index (χ2v) is 6.59. The molecule has 138 valence electrons. The summed E-state index contributed by atoms with van der Waals surface area (Å²) in [7, 11) is 0. The number of nitriles is 1. The molecule has 3 N–H and O–H groups in total. The number of carbonyl (C=O) groups is 3. The third-order valence-corrected chi connectivity index (χ3v) is 4.39. The molecule has 0 bridgehead atoms. The van der Waals surface area contributed by atoms with Crippen LogP contribution in [0.5, 0.6) is 0 Å². The van der Waals surface area contributed by atoms with Crippen molar-refractivity contribution < 1.29 is 19.5 Å². The van der Waals surface area contributed by atoms with Crippen LogP contribution in [0.1, 0.15) is 25.7 Å². The summed E-state index contributed by atoms with van der Waals surface area (Å²) in [4.78, 5) is 36.4. The van der Waals surface area contributed by atoms with Crippen LogP contribution < -0.4 is 10.6 Å². The number of hydrogen-bond donors (Lipinski definition) is 3. The molecule has 0 saturated carbocycles. The highest BCUT2D eigenvalue weighted by atomic mass is 32.2. The minimum Gasteiger partial charge on any atom is -0.480 e. The number of aliphatic carboxylic acids is 1. The Morgan fingerprint density at radius 3 is 2.84 bits per heavy atom. The van der Waals surface area contributed by atoms with Crippen molar-refractivity contribution in [2.45, 2.75) is 31.7 Å². The lowest BCUT2D eigenvalue weighted by molar-refractivity contribution is -0.141. The Morgan fingerprint density at radius 1 is 1.52 bits per heavy atom. The van der Waals surface area contributed by atoms with Crippen LogP contribution in [-0.4, -0.2) is 65.5 Å². The molecule has 8 nitrogen and oxygen atoms in total. The van der Waals surface area contributed by atoms with Crippen LogP contribution in [0.25, 0.3) is 0 Å². The van der Waals surface area contributed by atoms with Gasteiger partial charge in [-0.25, -0.2) is 4.79 Å². The molecule has 1 unspecified atom stereocenters. The lowest BCUT2D eigenvalue weighted by Crippen LogP contribution is -2.42. The number of likely N-dealkylation sites (tertiary alicyclic amines) is 1. The van der Waals surface area contributed by atoms with E-state index in [1.54, 1.807) is 11.0 Å². The van der Waals surface area contributed by atoms with Gasteiger partial charge in [0.2, 0.25) is 5.91 Å². The summed E-state index contributed by atoms with van der Waals surface area (Å²) >= 11 is 1.48. The largest absolute Gasteiger partial charge is 0.480 e. The van der Waals surface area contributed by atoms with E-state index in [4.69, 9.17) is 10.4 Å². The first kappa shape index (κ1) is 20.8. The third kappa shape index (κ3) is 7.47. The Morgan fingerprint density at radius 2 is 2.28 bits per heavy atom. The van der Waals surface area contributed by atoms with Gasteiger partial charge in [0.15, 0.2) is 0 Å². The monoisotopic (exact) mass is 368 g/mol. The minimum atomic E-state index is -1.12. The van der Waals surface area contributed by atoms with Crippen molar-refractivity contribution in [1.29, 1.82) is 5.26 Å². The maximum Gasteiger partial charge on any atom is 0.326 e. The number of carboxylic acid groups (broad SMARTS) is 1. The molecule has 1 saturated heterocycles. The number of nitrogens with zero attached hydrogens (tertiary/aromatic N) is 2. The van der Waals surface area contributed by atoms with Gasteiger partial charge in [0.25, 0.3) is 5.91 Å². The number of rotatable bonds is 11. The Bertz CT molecular complexity index is 559. The highest BCUT2D eigenvalue weighted by Crippen LogP contribution is 2.09. The normalized spacial score (nSPS) is 15.6. The predicted octanol–water partition coefficient (Wildman–Crippen LogP) is 0.318. The smallest absolute Gasteiger partial charge is 0.326 e. The topological polar surface area (TPSA) is 123 Å². The second-order valence-electron chi connectivity index (χ2n) is 5.61. The molecule has 1 aliphatic rings. The maximum absolute atomic E-state index is 12.0. The van der Waals surface area contributed by atoms with Crippen molar-refractivity contribution >= 4 is 29.5 Å². The van der Waals surface area contributed by atoms with Gasteiger partial charge in [-0.15, -0.1) is 0 Å². The first-order valence-electron chi connectivity index (χ1n) is 8.13. The third-order valence-electron chi connectivity index (χ3n) is 3.75. The van der Waals surface area contributed by atoms with E-state index in [1.165, 1.54) is 18.0 Å². The van der Waals surface area contributed by atoms with Gasteiger partial charge in [-0.2, -0.15) is 17.0 Å². The van der Waals surface area contributed by atoms with Crippen molar-refractivity contribution in [2.75, 3.05) is 31.6 Å². The lowest BCUT2D eigenvalue weighted by Gasteiger charge is -2.15. The lowest BCUT2D eigenvalue weighted by atomic mass is 10.2. The summed E-state index contributed by atoms with van der Waals surface area (Å²) in [5, 5.41) is 23.4. The highest BCUT2D eigenvalue weighted by molar-refractivity contribution is 7.98. The van der Waals surface area contributed by atoms with Crippen LogP contribution in [-0.2, 0) is 14.4 Å². The van der Waals surface area contributed by atoms with Gasteiger partial charge < -0.3 is 20.6 Å². The Kier molecular flexibility index (Phi) is 9.47. The van der Waals surface area contributed by atoms with E-state index < -0.39 is 17.9 Å². The quantitative estimate of drug-likeness (QED) is 0.273. The standard InChI is InChI=1S/C16H24N4O4S/c1-25-9-5-13(16(23)24)19-15(22)12(10-17)11-18-6-3-8-20-7-2-4-14(20)21/h11,13,18H,2-9H2,1H3,(H,19,22)(H,23,24)/b12-11-. The van der Waals surface area contributed by atoms with Crippen molar-refractivity contribution in [3.63, 3.8) is 0 Å². The molecule has 1 atom stereocenters. The van der Waals surface area contributed by atoms with Gasteiger partial charge in [-0.05, 0) is 31.3 Å². The molecule has 0 aliphatic carbocycles. The van der Waals surface area contributed by atoms with Gasteiger partial charge in [-0.1, -0.05) is 0 Å². The Balaban J connectivity index is 2.40. The zero-order valence-electron chi connectivity index (χ0n) is 14.3. The summed E-state index contributed by atoms with van der Waals surface area (Å²) in [5.41, 5.74) is -0.173. The van der Waals surface area contributed by atoms with Gasteiger partial charge in [0.1, 0.15) is 17.7 Å². The van der Waals surface area contributed by atoms with E-state index in [-0.39, 0.29) is 17.9 Å². The second kappa shape index (κ2) is 11.4. The van der Waals surface area contributed by atoms with E-state index in [0.717, 1.165) is 13.0 Å². The van der Waals surface area contributed by atoms with Crippen molar-refractivity contribution in [3.8, 4) is 6.07 Å². The number of carboxylic acids is 1. The summed E-state index contributed by atoms with van der Waals surface area (Å²) in [6.07, 6.45) is 5.63. The molecule has 25 heavy (non-hydrogen) atoms. The first-order valence-corrected chi connectivity index (χ1v) is 9.53. The van der Waals surface area contributed by atoms with Gasteiger partial charge in [-0.3, -0.25) is 9.59 Å². The molecule has 1 rings (SSSR count). The summed E-state index contributed by atoms with van der Waals surface area (Å²) in [5.74, 6) is -1.07. The molecule has 0 aromatic heterocycles. The van der Waals surface area contributed by atoms with E-state index in [0.29, 0.717) is 31.7 Å². The first-order chi connectivity index (χ1) is 12.0. The Labute approximate surface area is 151 Å². The molecule has 0 aromatic rings. The summed E-state index contributed by atoms with van der Waals surface area (Å²) in [6, 6.07) is 0.749. The predicted molar refractivity (Wildman–Crippen MR) is 94.7 cm³/mol. The van der Waals surface area contributed by atoms with E-state index in [9.17, 15) is 14.4 Å². The zero-order chi connectivity index (χ0) is 18.7. The highest BCUT2D eigenvalue weighted by Gasteiger charge is 2.21. The fourth-order valence-electron chi connectivity index (χ4n) is 2.36.